The molecule has 0 spiro atoms. The van der Waals surface area contributed by atoms with Crippen molar-refractivity contribution in [1.29, 1.82) is 0 Å². The number of methoxy groups -OCH3 is 3. The van der Waals surface area contributed by atoms with Crippen molar-refractivity contribution in [2.45, 2.75) is 0 Å². The number of aromatic nitrogens is 1. The van der Waals surface area contributed by atoms with E-state index in [-0.39, 0.29) is 0 Å². The van der Waals surface area contributed by atoms with Crippen molar-refractivity contribution in [2.75, 3.05) is 21.3 Å². The molecule has 0 atom stereocenters. The highest BCUT2D eigenvalue weighted by Crippen LogP contribution is 2.38. The third kappa shape index (κ3) is 5.64. The minimum Gasteiger partial charge on any atom is -0.497 e. The Bertz CT molecular complexity index is 1800. The van der Waals surface area contributed by atoms with Crippen LogP contribution in [0.15, 0.2) is 124 Å². The maximum absolute atomic E-state index is 5.40. The standard InChI is InChI=1S/C35H28BrN3O3/c1-40-27-14-6-23(7-15-27)31-21-33(25-10-18-29(42-3)19-11-25)38-35(31)39-34-30(22-4-12-26(36)13-5-22)20-32(37-34)24-8-16-28(41-2)17-9-24/h4-21,38H,1-3H3. The zero-order valence-corrected chi connectivity index (χ0v) is 25.0. The summed E-state index contributed by atoms with van der Waals surface area (Å²) in [5.74, 6) is 3.73. The van der Waals surface area contributed by atoms with Crippen LogP contribution in [0.3, 0.4) is 0 Å². The molecule has 0 unspecified atom stereocenters. The van der Waals surface area contributed by atoms with E-state index in [1.807, 2.05) is 84.9 Å². The van der Waals surface area contributed by atoms with Gasteiger partial charge < -0.3 is 19.2 Å². The first kappa shape index (κ1) is 27.3. The van der Waals surface area contributed by atoms with Crippen LogP contribution in [-0.2, 0) is 0 Å². The molecule has 1 aliphatic rings. The van der Waals surface area contributed by atoms with Gasteiger partial charge in [0.05, 0.1) is 27.0 Å². The van der Waals surface area contributed by atoms with Gasteiger partial charge in [-0.1, -0.05) is 40.2 Å². The van der Waals surface area contributed by atoms with Crippen molar-refractivity contribution in [3.63, 3.8) is 0 Å². The lowest BCUT2D eigenvalue weighted by atomic mass is 10.0. The molecular weight excluding hydrogens is 590 g/mol. The first-order valence-electron chi connectivity index (χ1n) is 13.4. The van der Waals surface area contributed by atoms with Crippen LogP contribution in [0.25, 0.3) is 28.0 Å². The average molecular weight is 619 g/mol. The van der Waals surface area contributed by atoms with E-state index in [9.17, 15) is 0 Å². The molecule has 4 aromatic carbocycles. The Morgan fingerprint density at radius 1 is 0.619 bits per heavy atom. The van der Waals surface area contributed by atoms with Crippen LogP contribution in [0.5, 0.6) is 17.2 Å². The number of ether oxygens (including phenoxy) is 3. The van der Waals surface area contributed by atoms with Crippen molar-refractivity contribution in [3.05, 3.63) is 125 Å². The SMILES string of the molecule is COc1ccc(C2=NC(=Nc3[nH]c(-c4ccc(OC)cc4)cc3-c3ccc(OC)cc3)C(c3ccc(Br)cc3)=C2)cc1. The van der Waals surface area contributed by atoms with Gasteiger partial charge in [0.15, 0.2) is 5.84 Å². The molecule has 208 valence electrons. The second-order valence-electron chi connectivity index (χ2n) is 9.63. The molecule has 1 N–H and O–H groups in total. The molecule has 1 aromatic heterocycles. The molecule has 1 aliphatic heterocycles. The highest BCUT2D eigenvalue weighted by atomic mass is 79.9. The van der Waals surface area contributed by atoms with Crippen LogP contribution in [-0.4, -0.2) is 37.9 Å². The number of hydrogen-bond acceptors (Lipinski definition) is 4. The van der Waals surface area contributed by atoms with Gasteiger partial charge >= 0.3 is 0 Å². The Hall–Kier alpha value is -4.88. The molecule has 6 rings (SSSR count). The molecule has 0 fully saturated rings. The lowest BCUT2D eigenvalue weighted by Crippen LogP contribution is -1.96. The van der Waals surface area contributed by atoms with Crippen LogP contribution < -0.4 is 14.2 Å². The Morgan fingerprint density at radius 3 is 1.67 bits per heavy atom. The smallest absolute Gasteiger partial charge is 0.162 e. The van der Waals surface area contributed by atoms with Gasteiger partial charge in [-0.3, -0.25) is 0 Å². The first-order valence-corrected chi connectivity index (χ1v) is 14.2. The number of amidine groups is 1. The zero-order chi connectivity index (χ0) is 29.1. The molecule has 0 radical (unpaired) electrons. The fraction of sp³-hybridized carbons (Fsp3) is 0.0857. The summed E-state index contributed by atoms with van der Waals surface area (Å²) in [5.41, 5.74) is 7.71. The second kappa shape index (κ2) is 11.9. The summed E-state index contributed by atoms with van der Waals surface area (Å²) in [4.78, 5) is 13.7. The number of benzene rings is 4. The number of nitrogens with one attached hydrogen (secondary N) is 1. The Balaban J connectivity index is 1.49. The number of hydrogen-bond donors (Lipinski definition) is 1. The summed E-state index contributed by atoms with van der Waals surface area (Å²) in [6, 6.07) is 34.1. The van der Waals surface area contributed by atoms with Gasteiger partial charge in [-0.05, 0) is 102 Å². The monoisotopic (exact) mass is 617 g/mol. The van der Waals surface area contributed by atoms with Gasteiger partial charge in [0.1, 0.15) is 23.1 Å². The number of rotatable bonds is 8. The van der Waals surface area contributed by atoms with Gasteiger partial charge in [-0.2, -0.15) is 0 Å². The predicted octanol–water partition coefficient (Wildman–Crippen LogP) is 8.75. The second-order valence-corrected chi connectivity index (χ2v) is 10.5. The molecule has 2 heterocycles. The van der Waals surface area contributed by atoms with Crippen LogP contribution in [0, 0.1) is 0 Å². The molecule has 6 nitrogen and oxygen atoms in total. The number of allylic oxidation sites excluding steroid dienone is 1. The fourth-order valence-electron chi connectivity index (χ4n) is 4.80. The number of halogens is 1. The maximum atomic E-state index is 5.40. The van der Waals surface area contributed by atoms with Crippen molar-refractivity contribution in [1.82, 2.24) is 4.98 Å². The maximum Gasteiger partial charge on any atom is 0.162 e. The predicted molar refractivity (Wildman–Crippen MR) is 174 cm³/mol. The van der Waals surface area contributed by atoms with E-state index in [0.717, 1.165) is 66.5 Å². The van der Waals surface area contributed by atoms with E-state index in [2.05, 4.69) is 45.2 Å². The molecule has 0 amide bonds. The van der Waals surface area contributed by atoms with Crippen molar-refractivity contribution in [2.24, 2.45) is 9.98 Å². The van der Waals surface area contributed by atoms with E-state index in [1.54, 1.807) is 21.3 Å². The van der Waals surface area contributed by atoms with Gasteiger partial charge in [-0.15, -0.1) is 0 Å². The Labute approximate surface area is 253 Å². The molecule has 0 aliphatic carbocycles. The van der Waals surface area contributed by atoms with Crippen LogP contribution in [0.1, 0.15) is 11.1 Å². The minimum atomic E-state index is 0.626. The topological polar surface area (TPSA) is 68.2 Å². The summed E-state index contributed by atoms with van der Waals surface area (Å²) < 4.78 is 17.1. The van der Waals surface area contributed by atoms with Crippen LogP contribution in [0.2, 0.25) is 0 Å². The quantitative estimate of drug-likeness (QED) is 0.189. The third-order valence-electron chi connectivity index (χ3n) is 7.11. The van der Waals surface area contributed by atoms with Crippen LogP contribution >= 0.6 is 15.9 Å². The van der Waals surface area contributed by atoms with E-state index in [4.69, 9.17) is 24.2 Å². The van der Waals surface area contributed by atoms with Crippen molar-refractivity contribution in [3.8, 4) is 39.6 Å². The lowest BCUT2D eigenvalue weighted by molar-refractivity contribution is 0.414. The average Bonchev–Trinajstić information content (AvgIpc) is 3.66. The van der Waals surface area contributed by atoms with Crippen molar-refractivity contribution < 1.29 is 14.2 Å². The summed E-state index contributed by atoms with van der Waals surface area (Å²) >= 11 is 3.55. The third-order valence-corrected chi connectivity index (χ3v) is 7.63. The van der Waals surface area contributed by atoms with E-state index in [0.29, 0.717) is 11.7 Å². The lowest BCUT2D eigenvalue weighted by Gasteiger charge is -2.06. The summed E-state index contributed by atoms with van der Waals surface area (Å²) in [5, 5.41) is 0. The van der Waals surface area contributed by atoms with Crippen LogP contribution in [0.4, 0.5) is 5.82 Å². The molecule has 5 aromatic rings. The molecule has 0 saturated heterocycles. The number of H-pyrrole nitrogens is 1. The first-order chi connectivity index (χ1) is 20.5. The normalized spacial score (nSPS) is 13.6. The summed E-state index contributed by atoms with van der Waals surface area (Å²) in [6.45, 7) is 0. The molecular formula is C35H28BrN3O3. The summed E-state index contributed by atoms with van der Waals surface area (Å²) in [6.07, 6.45) is 2.09. The highest BCUT2D eigenvalue weighted by molar-refractivity contribution is 9.10. The number of aromatic amines is 1. The van der Waals surface area contributed by atoms with Gasteiger partial charge in [0, 0.05) is 26.9 Å². The fourth-order valence-corrected chi connectivity index (χ4v) is 5.06. The Kier molecular flexibility index (Phi) is 7.75. The van der Waals surface area contributed by atoms with E-state index in [1.165, 1.54) is 0 Å². The van der Waals surface area contributed by atoms with Crippen molar-refractivity contribution >= 4 is 38.9 Å². The number of aliphatic imine (C=N–C) groups is 2. The molecule has 7 heteroatoms. The molecule has 42 heavy (non-hydrogen) atoms. The zero-order valence-electron chi connectivity index (χ0n) is 23.4. The van der Waals surface area contributed by atoms with Gasteiger partial charge in [-0.25, -0.2) is 9.98 Å². The van der Waals surface area contributed by atoms with Gasteiger partial charge in [0.25, 0.3) is 0 Å². The highest BCUT2D eigenvalue weighted by Gasteiger charge is 2.21. The molecule has 0 bridgehead atoms. The largest absolute Gasteiger partial charge is 0.497 e. The molecule has 0 saturated carbocycles. The Morgan fingerprint density at radius 2 is 1.12 bits per heavy atom. The van der Waals surface area contributed by atoms with Gasteiger partial charge in [0.2, 0.25) is 0 Å². The number of nitrogens with zero attached hydrogens (tertiary/aromatic N) is 2. The summed E-state index contributed by atoms with van der Waals surface area (Å²) in [7, 11) is 4.99. The van der Waals surface area contributed by atoms with E-state index < -0.39 is 0 Å². The van der Waals surface area contributed by atoms with E-state index >= 15 is 0 Å². The minimum absolute atomic E-state index is 0.626.